The van der Waals surface area contributed by atoms with Gasteiger partial charge in [-0.25, -0.2) is 0 Å². The average molecular weight is 652 g/mol. The molecule has 0 spiro atoms. The van der Waals surface area contributed by atoms with E-state index in [-0.39, 0.29) is 0 Å². The highest BCUT2D eigenvalue weighted by molar-refractivity contribution is 7.10. The summed E-state index contributed by atoms with van der Waals surface area (Å²) in [4.78, 5) is 4.84. The molecule has 3 aromatic heterocycles. The van der Waals surface area contributed by atoms with E-state index in [1.54, 1.807) is 11.1 Å². The van der Waals surface area contributed by atoms with Crippen LogP contribution in [-0.4, -0.2) is 4.98 Å². The van der Waals surface area contributed by atoms with E-state index in [0.29, 0.717) is 35.5 Å². The zero-order valence-electron chi connectivity index (χ0n) is 35.2. The number of hydrogen-bond donors (Lipinski definition) is 1. The van der Waals surface area contributed by atoms with E-state index in [2.05, 4.69) is 112 Å². The molecule has 0 aliphatic heterocycles. The fourth-order valence-electron chi connectivity index (χ4n) is 3.95. The van der Waals surface area contributed by atoms with Crippen molar-refractivity contribution in [3.63, 3.8) is 0 Å². The van der Waals surface area contributed by atoms with Crippen LogP contribution in [0.4, 0.5) is 0 Å². The summed E-state index contributed by atoms with van der Waals surface area (Å²) in [5.74, 6) is 4.83. The van der Waals surface area contributed by atoms with Gasteiger partial charge in [-0.15, -0.1) is 11.3 Å². The molecule has 0 aliphatic rings. The summed E-state index contributed by atoms with van der Waals surface area (Å²) < 4.78 is 5.39. The van der Waals surface area contributed by atoms with Crippen LogP contribution >= 0.6 is 11.3 Å². The predicted molar refractivity (Wildman–Crippen MR) is 216 cm³/mol. The van der Waals surface area contributed by atoms with Crippen molar-refractivity contribution in [2.75, 3.05) is 0 Å². The first-order chi connectivity index (χ1) is 21.4. The van der Waals surface area contributed by atoms with Gasteiger partial charge in [-0.3, -0.25) is 0 Å². The Hall–Kier alpha value is -1.74. The van der Waals surface area contributed by atoms with Gasteiger partial charge in [0, 0.05) is 22.7 Å². The second-order valence-electron chi connectivity index (χ2n) is 10.8. The highest BCUT2D eigenvalue weighted by Gasteiger charge is 2.12. The topological polar surface area (TPSA) is 28.9 Å². The van der Waals surface area contributed by atoms with Crippen LogP contribution in [0.3, 0.4) is 0 Å². The Balaban J connectivity index is -0.000000108. The monoisotopic (exact) mass is 652 g/mol. The summed E-state index contributed by atoms with van der Waals surface area (Å²) in [5, 5.41) is 2.20. The number of furan rings is 1. The molecular formula is C42H85NOS. The number of hydrogen-bond acceptors (Lipinski definition) is 2. The smallest absolute Gasteiger partial charge is 0.109 e. The second-order valence-corrected chi connectivity index (χ2v) is 11.7. The van der Waals surface area contributed by atoms with Crippen molar-refractivity contribution in [2.24, 2.45) is 0 Å². The molecule has 0 aromatic carbocycles. The van der Waals surface area contributed by atoms with Crippen molar-refractivity contribution in [1.29, 1.82) is 0 Å². The molecule has 45 heavy (non-hydrogen) atoms. The SMILES string of the molecule is CC.CC.CC.CC.CC.CC.CC(C)c1cc[nH]c1C(C)C.CC(C)c1ccoc1C(C)C.CC(C)c1ccsc1C(C)C. The van der Waals surface area contributed by atoms with Gasteiger partial charge in [-0.05, 0) is 69.9 Å². The molecule has 270 valence electrons. The van der Waals surface area contributed by atoms with E-state index in [4.69, 9.17) is 4.42 Å². The Kier molecular flexibility index (Phi) is 47.5. The highest BCUT2D eigenvalue weighted by Crippen LogP contribution is 2.30. The Morgan fingerprint density at radius 3 is 1.16 bits per heavy atom. The number of H-pyrrole nitrogens is 1. The van der Waals surface area contributed by atoms with Gasteiger partial charge in [0.2, 0.25) is 0 Å². The third-order valence-corrected chi connectivity index (χ3v) is 6.99. The molecule has 0 unspecified atom stereocenters. The first kappa shape index (κ1) is 55.6. The maximum Gasteiger partial charge on any atom is 0.109 e. The number of aromatic nitrogens is 1. The largest absolute Gasteiger partial charge is 0.469 e. The standard InChI is InChI=1S/C10H17N.C10H16O.C10H16S.6C2H6/c3*1-7(2)9-5-6-11-10(9)8(3)4;6*1-2/h5-8,11H,1-4H3;2*5-8H,1-4H3;6*1-2H3. The number of nitrogens with one attached hydrogen (secondary N) is 1. The van der Waals surface area contributed by atoms with E-state index < -0.39 is 0 Å². The molecule has 1 N–H and O–H groups in total. The Bertz CT molecular complexity index is 720. The number of aromatic amines is 1. The van der Waals surface area contributed by atoms with Gasteiger partial charge < -0.3 is 9.40 Å². The van der Waals surface area contributed by atoms with E-state index >= 15 is 0 Å². The van der Waals surface area contributed by atoms with Crippen molar-refractivity contribution < 1.29 is 4.42 Å². The molecule has 3 rings (SSSR count). The van der Waals surface area contributed by atoms with Crippen molar-refractivity contribution in [3.8, 4) is 0 Å². The molecule has 0 saturated carbocycles. The van der Waals surface area contributed by atoms with Gasteiger partial charge in [0.15, 0.2) is 0 Å². The zero-order chi connectivity index (χ0) is 37.3. The maximum absolute atomic E-state index is 5.39. The number of rotatable bonds is 6. The summed E-state index contributed by atoms with van der Waals surface area (Å²) >= 11 is 1.89. The average Bonchev–Trinajstić information content (AvgIpc) is 3.85. The third-order valence-electron chi connectivity index (χ3n) is 5.76. The third kappa shape index (κ3) is 25.1. The first-order valence-corrected chi connectivity index (χ1v) is 19.6. The molecule has 3 heterocycles. The first-order valence-electron chi connectivity index (χ1n) is 18.7. The minimum absolute atomic E-state index is 0.502. The Labute approximate surface area is 290 Å². The van der Waals surface area contributed by atoms with E-state index in [1.165, 1.54) is 22.4 Å². The molecule has 0 fully saturated rings. The zero-order valence-corrected chi connectivity index (χ0v) is 36.1. The molecule has 0 aliphatic carbocycles. The van der Waals surface area contributed by atoms with Crippen molar-refractivity contribution in [3.05, 3.63) is 69.1 Å². The van der Waals surface area contributed by atoms with Gasteiger partial charge in [0.25, 0.3) is 0 Å². The van der Waals surface area contributed by atoms with Crippen molar-refractivity contribution >= 4 is 11.3 Å². The van der Waals surface area contributed by atoms with E-state index in [1.807, 2.05) is 101 Å². The van der Waals surface area contributed by atoms with Crippen LogP contribution < -0.4 is 0 Å². The normalized spacial score (nSPS) is 9.20. The van der Waals surface area contributed by atoms with Crippen molar-refractivity contribution in [2.45, 2.75) is 202 Å². The van der Waals surface area contributed by atoms with Gasteiger partial charge in [0.1, 0.15) is 5.76 Å². The van der Waals surface area contributed by atoms with Crippen LogP contribution in [-0.2, 0) is 0 Å². The van der Waals surface area contributed by atoms with Crippen molar-refractivity contribution in [1.82, 2.24) is 4.98 Å². The predicted octanol–water partition coefficient (Wildman–Crippen LogP) is 16.9. The van der Waals surface area contributed by atoms with Gasteiger partial charge in [-0.1, -0.05) is 166 Å². The second kappa shape index (κ2) is 38.4. The summed E-state index contributed by atoms with van der Waals surface area (Å²) in [7, 11) is 0. The lowest BCUT2D eigenvalue weighted by atomic mass is 9.98. The highest BCUT2D eigenvalue weighted by atomic mass is 32.1. The minimum Gasteiger partial charge on any atom is -0.469 e. The van der Waals surface area contributed by atoms with Crippen LogP contribution in [0.2, 0.25) is 0 Å². The Morgan fingerprint density at radius 2 is 0.889 bits per heavy atom. The lowest BCUT2D eigenvalue weighted by Gasteiger charge is -2.09. The quantitative estimate of drug-likeness (QED) is 0.282. The van der Waals surface area contributed by atoms with Crippen LogP contribution in [0.5, 0.6) is 0 Å². The lowest BCUT2D eigenvalue weighted by Crippen LogP contribution is -1.95. The molecular weight excluding hydrogens is 567 g/mol. The van der Waals surface area contributed by atoms with Gasteiger partial charge in [-0.2, -0.15) is 0 Å². The van der Waals surface area contributed by atoms with Gasteiger partial charge >= 0.3 is 0 Å². The summed E-state index contributed by atoms with van der Waals surface area (Å²) in [5.41, 5.74) is 5.73. The molecule has 2 nitrogen and oxygen atoms in total. The number of thiophene rings is 1. The van der Waals surface area contributed by atoms with E-state index in [0.717, 1.165) is 5.76 Å². The summed E-state index contributed by atoms with van der Waals surface area (Å²) in [6.45, 7) is 50.6. The summed E-state index contributed by atoms with van der Waals surface area (Å²) in [6, 6.07) is 6.50. The van der Waals surface area contributed by atoms with Gasteiger partial charge in [0.05, 0.1) is 6.26 Å². The Morgan fingerprint density at radius 1 is 0.467 bits per heavy atom. The molecule has 0 atom stereocenters. The summed E-state index contributed by atoms with van der Waals surface area (Å²) in [6.07, 6.45) is 3.81. The lowest BCUT2D eigenvalue weighted by molar-refractivity contribution is 0.479. The molecule has 0 bridgehead atoms. The molecule has 3 heteroatoms. The molecule has 0 saturated heterocycles. The van der Waals surface area contributed by atoms with Crippen LogP contribution in [0, 0.1) is 0 Å². The molecule has 3 aromatic rings. The van der Waals surface area contributed by atoms with Crippen LogP contribution in [0.1, 0.15) is 235 Å². The van der Waals surface area contributed by atoms with Crippen LogP contribution in [0.25, 0.3) is 0 Å². The van der Waals surface area contributed by atoms with E-state index in [9.17, 15) is 0 Å². The van der Waals surface area contributed by atoms with Crippen LogP contribution in [0.15, 0.2) is 40.5 Å². The fourth-order valence-corrected chi connectivity index (χ4v) is 5.03. The minimum atomic E-state index is 0.502. The molecule has 0 amide bonds. The fraction of sp³-hybridized carbons (Fsp3) is 0.714. The maximum atomic E-state index is 5.39. The molecule has 0 radical (unpaired) electrons.